The summed E-state index contributed by atoms with van der Waals surface area (Å²) < 4.78 is 0. The molecule has 0 spiro atoms. The van der Waals surface area contributed by atoms with Gasteiger partial charge in [0.25, 0.3) is 0 Å². The normalized spacial score (nSPS) is 28.3. The van der Waals surface area contributed by atoms with Crippen LogP contribution in [0.5, 0.6) is 0 Å². The van der Waals surface area contributed by atoms with E-state index in [-0.39, 0.29) is 0 Å². The fourth-order valence-corrected chi connectivity index (χ4v) is 1.59. The summed E-state index contributed by atoms with van der Waals surface area (Å²) in [6, 6.07) is 0.293. The molecule has 0 aliphatic heterocycles. The van der Waals surface area contributed by atoms with Crippen molar-refractivity contribution in [1.82, 2.24) is 5.32 Å². The van der Waals surface area contributed by atoms with E-state index in [0.717, 1.165) is 19.5 Å². The summed E-state index contributed by atoms with van der Waals surface area (Å²) in [6.45, 7) is 8.89. The average Bonchev–Trinajstić information content (AvgIpc) is 2.33. The van der Waals surface area contributed by atoms with Gasteiger partial charge in [0.1, 0.15) is 0 Å². The van der Waals surface area contributed by atoms with Gasteiger partial charge in [-0.15, -0.1) is 0 Å². The third-order valence-corrected chi connectivity index (χ3v) is 2.27. The largest absolute Gasteiger partial charge is 0.324 e. The van der Waals surface area contributed by atoms with Gasteiger partial charge in [-0.25, -0.2) is 0 Å². The highest BCUT2D eigenvalue weighted by atomic mass is 14.9. The van der Waals surface area contributed by atoms with Crippen molar-refractivity contribution in [3.8, 4) is 0 Å². The Morgan fingerprint density at radius 3 is 2.54 bits per heavy atom. The lowest BCUT2D eigenvalue weighted by atomic mass is 9.96. The molecule has 2 unspecified atom stereocenters. The van der Waals surface area contributed by atoms with Crippen molar-refractivity contribution in [2.24, 2.45) is 17.1 Å². The van der Waals surface area contributed by atoms with Gasteiger partial charge >= 0.3 is 0 Å². The van der Waals surface area contributed by atoms with E-state index in [4.69, 9.17) is 5.73 Å². The molecule has 1 aliphatic carbocycles. The highest BCUT2D eigenvalue weighted by Crippen LogP contribution is 2.16. The van der Waals surface area contributed by atoms with Gasteiger partial charge in [0.2, 0.25) is 0 Å². The minimum atomic E-state index is 0.293. The first kappa shape index (κ1) is 10.7. The molecular weight excluding hydrogens is 160 g/mol. The van der Waals surface area contributed by atoms with E-state index in [1.54, 1.807) is 0 Å². The predicted octanol–water partition coefficient (Wildman–Crippen LogP) is 1.53. The van der Waals surface area contributed by atoms with E-state index in [0.29, 0.717) is 17.4 Å². The Morgan fingerprint density at radius 1 is 1.38 bits per heavy atom. The maximum absolute atomic E-state index is 5.77. The van der Waals surface area contributed by atoms with E-state index in [1.165, 1.54) is 0 Å². The molecule has 0 radical (unpaired) electrons. The number of nitrogens with two attached hydrogens (primary N) is 1. The van der Waals surface area contributed by atoms with Gasteiger partial charge in [-0.1, -0.05) is 32.9 Å². The fraction of sp³-hybridized carbons (Fsp3) is 0.818. The third-order valence-electron chi connectivity index (χ3n) is 2.27. The second kappa shape index (κ2) is 4.25. The zero-order valence-corrected chi connectivity index (χ0v) is 9.01. The Balaban J connectivity index is 2.11. The topological polar surface area (TPSA) is 38.0 Å². The summed E-state index contributed by atoms with van der Waals surface area (Å²) in [7, 11) is 0. The SMILES string of the molecule is CC(C)(C)CNCC1C=CC(N)C1. The first-order chi connectivity index (χ1) is 5.97. The highest BCUT2D eigenvalue weighted by molar-refractivity contribution is 5.05. The van der Waals surface area contributed by atoms with Crippen LogP contribution < -0.4 is 11.1 Å². The lowest BCUT2D eigenvalue weighted by Crippen LogP contribution is -2.31. The van der Waals surface area contributed by atoms with Crippen molar-refractivity contribution in [2.45, 2.75) is 33.2 Å². The number of hydrogen-bond acceptors (Lipinski definition) is 2. The van der Waals surface area contributed by atoms with Crippen LogP contribution in [0.25, 0.3) is 0 Å². The minimum absolute atomic E-state index is 0.293. The van der Waals surface area contributed by atoms with Gasteiger partial charge in [-0.3, -0.25) is 0 Å². The lowest BCUT2D eigenvalue weighted by molar-refractivity contribution is 0.367. The molecule has 0 aromatic rings. The molecule has 13 heavy (non-hydrogen) atoms. The zero-order valence-electron chi connectivity index (χ0n) is 9.01. The van der Waals surface area contributed by atoms with Gasteiger partial charge in [0.15, 0.2) is 0 Å². The van der Waals surface area contributed by atoms with Crippen molar-refractivity contribution in [1.29, 1.82) is 0 Å². The molecule has 0 amide bonds. The molecule has 1 aliphatic rings. The second-order valence-electron chi connectivity index (χ2n) is 5.24. The van der Waals surface area contributed by atoms with E-state index >= 15 is 0 Å². The van der Waals surface area contributed by atoms with Gasteiger partial charge in [0.05, 0.1) is 0 Å². The van der Waals surface area contributed by atoms with Crippen LogP contribution in [0.2, 0.25) is 0 Å². The Hall–Kier alpha value is -0.340. The molecule has 2 nitrogen and oxygen atoms in total. The summed E-state index contributed by atoms with van der Waals surface area (Å²) in [5, 5.41) is 3.48. The van der Waals surface area contributed by atoms with E-state index in [1.807, 2.05) is 0 Å². The molecule has 0 fully saturated rings. The van der Waals surface area contributed by atoms with Gasteiger partial charge < -0.3 is 11.1 Å². The van der Waals surface area contributed by atoms with E-state index in [2.05, 4.69) is 38.2 Å². The maximum Gasteiger partial charge on any atom is 0.0229 e. The van der Waals surface area contributed by atoms with Crippen molar-refractivity contribution in [3.05, 3.63) is 12.2 Å². The number of rotatable bonds is 3. The Kier molecular flexibility index (Phi) is 3.51. The summed E-state index contributed by atoms with van der Waals surface area (Å²) in [5.74, 6) is 0.650. The molecule has 1 rings (SSSR count). The molecule has 0 saturated heterocycles. The van der Waals surface area contributed by atoms with Gasteiger partial charge in [-0.2, -0.15) is 0 Å². The van der Waals surface area contributed by atoms with Crippen molar-refractivity contribution in [2.75, 3.05) is 13.1 Å². The molecule has 76 valence electrons. The Labute approximate surface area is 81.6 Å². The van der Waals surface area contributed by atoms with Crippen LogP contribution in [0, 0.1) is 11.3 Å². The molecule has 0 heterocycles. The van der Waals surface area contributed by atoms with E-state index in [9.17, 15) is 0 Å². The van der Waals surface area contributed by atoms with Crippen LogP contribution >= 0.6 is 0 Å². The monoisotopic (exact) mass is 182 g/mol. The van der Waals surface area contributed by atoms with Crippen LogP contribution in [0.4, 0.5) is 0 Å². The lowest BCUT2D eigenvalue weighted by Gasteiger charge is -2.20. The summed E-state index contributed by atoms with van der Waals surface area (Å²) in [4.78, 5) is 0. The Morgan fingerprint density at radius 2 is 2.08 bits per heavy atom. The quantitative estimate of drug-likeness (QED) is 0.650. The second-order valence-corrected chi connectivity index (χ2v) is 5.24. The van der Waals surface area contributed by atoms with E-state index < -0.39 is 0 Å². The van der Waals surface area contributed by atoms with Crippen LogP contribution in [-0.4, -0.2) is 19.1 Å². The number of hydrogen-bond donors (Lipinski definition) is 2. The molecule has 0 bridgehead atoms. The summed E-state index contributed by atoms with van der Waals surface area (Å²) >= 11 is 0. The van der Waals surface area contributed by atoms with Crippen LogP contribution in [0.3, 0.4) is 0 Å². The van der Waals surface area contributed by atoms with Crippen LogP contribution in [-0.2, 0) is 0 Å². The van der Waals surface area contributed by atoms with Gasteiger partial charge in [-0.05, 0) is 17.8 Å². The number of nitrogens with one attached hydrogen (secondary N) is 1. The first-order valence-corrected chi connectivity index (χ1v) is 5.12. The molecule has 0 saturated carbocycles. The van der Waals surface area contributed by atoms with Crippen molar-refractivity contribution < 1.29 is 0 Å². The van der Waals surface area contributed by atoms with Crippen LogP contribution in [0.15, 0.2) is 12.2 Å². The maximum atomic E-state index is 5.77. The zero-order chi connectivity index (χ0) is 9.90. The third kappa shape index (κ3) is 4.44. The smallest absolute Gasteiger partial charge is 0.0229 e. The molecule has 2 heteroatoms. The highest BCUT2D eigenvalue weighted by Gasteiger charge is 2.16. The standard InChI is InChI=1S/C11H22N2/c1-11(2,3)8-13-7-9-4-5-10(12)6-9/h4-5,9-10,13H,6-8,12H2,1-3H3. The summed E-state index contributed by atoms with van der Waals surface area (Å²) in [6.07, 6.45) is 5.46. The molecule has 0 aromatic heterocycles. The summed E-state index contributed by atoms with van der Waals surface area (Å²) in [5.41, 5.74) is 6.15. The van der Waals surface area contributed by atoms with Gasteiger partial charge in [0, 0.05) is 19.1 Å². The van der Waals surface area contributed by atoms with Crippen molar-refractivity contribution in [3.63, 3.8) is 0 Å². The van der Waals surface area contributed by atoms with Crippen LogP contribution in [0.1, 0.15) is 27.2 Å². The fourth-order valence-electron chi connectivity index (χ4n) is 1.59. The molecule has 3 N–H and O–H groups in total. The first-order valence-electron chi connectivity index (χ1n) is 5.12. The van der Waals surface area contributed by atoms with Crippen molar-refractivity contribution >= 4 is 0 Å². The Bertz CT molecular complexity index is 179. The predicted molar refractivity (Wildman–Crippen MR) is 57.5 cm³/mol. The molecular formula is C11H22N2. The minimum Gasteiger partial charge on any atom is -0.324 e. The average molecular weight is 182 g/mol. The molecule has 2 atom stereocenters. The molecule has 0 aromatic carbocycles.